The van der Waals surface area contributed by atoms with Crippen LogP contribution < -0.4 is 9.64 Å². The lowest BCUT2D eigenvalue weighted by Gasteiger charge is -2.27. The molecule has 0 bridgehead atoms. The number of nitrogens with zero attached hydrogens (tertiary/aromatic N) is 4. The van der Waals surface area contributed by atoms with Crippen molar-refractivity contribution in [2.75, 3.05) is 38.3 Å². The fourth-order valence-corrected chi connectivity index (χ4v) is 3.32. The molecule has 1 fully saturated rings. The first-order valence-electron chi connectivity index (χ1n) is 8.86. The van der Waals surface area contributed by atoms with Crippen LogP contribution in [0.25, 0.3) is 33.6 Å². The van der Waals surface area contributed by atoms with Gasteiger partial charge >= 0.3 is 0 Å². The lowest BCUT2D eigenvalue weighted by Crippen LogP contribution is -2.37. The molecule has 1 aromatic carbocycles. The summed E-state index contributed by atoms with van der Waals surface area (Å²) in [6, 6.07) is 11.6. The molecule has 0 aliphatic carbocycles. The number of pyridine rings is 1. The summed E-state index contributed by atoms with van der Waals surface area (Å²) in [5, 5.41) is 0.888. The summed E-state index contributed by atoms with van der Waals surface area (Å²) in [7, 11) is 1.65. The van der Waals surface area contributed by atoms with Gasteiger partial charge in [0.15, 0.2) is 17.2 Å². The van der Waals surface area contributed by atoms with Gasteiger partial charge in [-0.3, -0.25) is 0 Å². The number of hydrogen-bond acceptors (Lipinski definition) is 7. The number of hydrogen-bond donors (Lipinski definition) is 0. The molecule has 4 aromatic rings. The number of furan rings is 1. The van der Waals surface area contributed by atoms with Gasteiger partial charge in [0, 0.05) is 24.8 Å². The number of ether oxygens (including phenoxy) is 2. The molecule has 1 aliphatic rings. The van der Waals surface area contributed by atoms with Crippen molar-refractivity contribution in [3.8, 4) is 17.1 Å². The average Bonchev–Trinajstić information content (AvgIpc) is 3.12. The normalized spacial score (nSPS) is 14.8. The molecule has 5 rings (SSSR count). The zero-order valence-corrected chi connectivity index (χ0v) is 14.9. The number of aromatic nitrogens is 3. The van der Waals surface area contributed by atoms with Crippen molar-refractivity contribution in [2.24, 2.45) is 0 Å². The maximum absolute atomic E-state index is 6.03. The molecular formula is C20H18N4O3. The summed E-state index contributed by atoms with van der Waals surface area (Å²) >= 11 is 0. The molecule has 7 heteroatoms. The van der Waals surface area contributed by atoms with Gasteiger partial charge in [0.2, 0.25) is 5.71 Å². The summed E-state index contributed by atoms with van der Waals surface area (Å²) in [6.07, 6.45) is 1.72. The van der Waals surface area contributed by atoms with E-state index in [2.05, 4.69) is 9.88 Å². The fraction of sp³-hybridized carbons (Fsp3) is 0.250. The lowest BCUT2D eigenvalue weighted by atomic mass is 10.2. The van der Waals surface area contributed by atoms with E-state index in [0.717, 1.165) is 41.1 Å². The van der Waals surface area contributed by atoms with Crippen LogP contribution in [0.4, 0.5) is 5.82 Å². The second kappa shape index (κ2) is 6.51. The van der Waals surface area contributed by atoms with E-state index >= 15 is 0 Å². The first-order valence-corrected chi connectivity index (χ1v) is 8.86. The SMILES string of the molecule is COc1ccc(-c2nc(N3CCOCC3)c3oc4ncccc4c3n2)cc1. The highest BCUT2D eigenvalue weighted by Crippen LogP contribution is 2.34. The van der Waals surface area contributed by atoms with Gasteiger partial charge in [0.1, 0.15) is 11.3 Å². The Kier molecular flexibility index (Phi) is 3.86. The molecule has 1 aliphatic heterocycles. The van der Waals surface area contributed by atoms with E-state index in [-0.39, 0.29) is 0 Å². The van der Waals surface area contributed by atoms with Crippen LogP contribution in [-0.2, 0) is 4.74 Å². The number of rotatable bonds is 3. The molecule has 3 aromatic heterocycles. The minimum atomic E-state index is 0.572. The van der Waals surface area contributed by atoms with E-state index in [9.17, 15) is 0 Å². The Balaban J connectivity index is 1.74. The quantitative estimate of drug-likeness (QED) is 0.554. The predicted molar refractivity (Wildman–Crippen MR) is 102 cm³/mol. The monoisotopic (exact) mass is 362 g/mol. The van der Waals surface area contributed by atoms with Crippen molar-refractivity contribution >= 4 is 28.0 Å². The molecule has 7 nitrogen and oxygen atoms in total. The molecule has 27 heavy (non-hydrogen) atoms. The molecule has 1 saturated heterocycles. The van der Waals surface area contributed by atoms with Gasteiger partial charge in [-0.25, -0.2) is 15.0 Å². The predicted octanol–water partition coefficient (Wildman–Crippen LogP) is 3.28. The third kappa shape index (κ3) is 2.76. The molecular weight excluding hydrogens is 344 g/mol. The Hall–Kier alpha value is -3.19. The van der Waals surface area contributed by atoms with Gasteiger partial charge in [-0.2, -0.15) is 0 Å². The molecule has 0 radical (unpaired) electrons. The first kappa shape index (κ1) is 16.0. The summed E-state index contributed by atoms with van der Waals surface area (Å²) in [5.41, 5.74) is 2.94. The van der Waals surface area contributed by atoms with E-state index in [0.29, 0.717) is 30.3 Å². The van der Waals surface area contributed by atoms with Crippen LogP contribution in [0.5, 0.6) is 5.75 Å². The Morgan fingerprint density at radius 1 is 1.04 bits per heavy atom. The van der Waals surface area contributed by atoms with Crippen LogP contribution in [0, 0.1) is 0 Å². The van der Waals surface area contributed by atoms with Crippen molar-refractivity contribution < 1.29 is 13.9 Å². The molecule has 0 saturated carbocycles. The largest absolute Gasteiger partial charge is 0.497 e. The van der Waals surface area contributed by atoms with Gasteiger partial charge < -0.3 is 18.8 Å². The van der Waals surface area contributed by atoms with Crippen molar-refractivity contribution in [3.63, 3.8) is 0 Å². The molecule has 136 valence electrons. The van der Waals surface area contributed by atoms with Crippen LogP contribution in [0.2, 0.25) is 0 Å². The second-order valence-corrected chi connectivity index (χ2v) is 6.33. The summed E-state index contributed by atoms with van der Waals surface area (Å²) in [5.74, 6) is 2.23. The minimum Gasteiger partial charge on any atom is -0.497 e. The number of methoxy groups -OCH3 is 1. The molecule has 0 spiro atoms. The van der Waals surface area contributed by atoms with E-state index < -0.39 is 0 Å². The summed E-state index contributed by atoms with van der Waals surface area (Å²) in [6.45, 7) is 2.86. The van der Waals surface area contributed by atoms with E-state index in [1.54, 1.807) is 13.3 Å². The maximum atomic E-state index is 6.03. The summed E-state index contributed by atoms with van der Waals surface area (Å²) in [4.78, 5) is 16.2. The number of fused-ring (bicyclic) bond motifs is 3. The highest BCUT2D eigenvalue weighted by Gasteiger charge is 2.22. The molecule has 0 N–H and O–H groups in total. The Labute approximate surface area is 155 Å². The van der Waals surface area contributed by atoms with Crippen molar-refractivity contribution in [2.45, 2.75) is 0 Å². The van der Waals surface area contributed by atoms with Crippen molar-refractivity contribution in [1.82, 2.24) is 15.0 Å². The first-order chi connectivity index (χ1) is 13.3. The average molecular weight is 362 g/mol. The molecule has 4 heterocycles. The number of morpholine rings is 1. The van der Waals surface area contributed by atoms with Crippen LogP contribution in [-0.4, -0.2) is 48.4 Å². The third-order valence-corrected chi connectivity index (χ3v) is 4.73. The van der Waals surface area contributed by atoms with Crippen LogP contribution in [0.15, 0.2) is 47.0 Å². The van der Waals surface area contributed by atoms with Gasteiger partial charge in [-0.05, 0) is 36.4 Å². The highest BCUT2D eigenvalue weighted by atomic mass is 16.5. The minimum absolute atomic E-state index is 0.572. The van der Waals surface area contributed by atoms with Crippen LogP contribution in [0.3, 0.4) is 0 Å². The molecule has 0 atom stereocenters. The van der Waals surface area contributed by atoms with Gasteiger partial charge in [-0.1, -0.05) is 0 Å². The molecule has 0 unspecified atom stereocenters. The van der Waals surface area contributed by atoms with Crippen molar-refractivity contribution in [1.29, 1.82) is 0 Å². The van der Waals surface area contributed by atoms with E-state index in [1.165, 1.54) is 0 Å². The van der Waals surface area contributed by atoms with Crippen LogP contribution in [0.1, 0.15) is 0 Å². The van der Waals surface area contributed by atoms with E-state index in [1.807, 2.05) is 36.4 Å². The summed E-state index contributed by atoms with van der Waals surface area (Å²) < 4.78 is 16.8. The number of benzene rings is 1. The standard InChI is InChI=1S/C20H18N4O3/c1-25-14-6-4-13(5-7-14)18-22-16-15-3-2-8-21-20(15)27-17(16)19(23-18)24-9-11-26-12-10-24/h2-8H,9-12H2,1H3. The van der Waals surface area contributed by atoms with Crippen LogP contribution >= 0.6 is 0 Å². The Bertz CT molecular complexity index is 1100. The zero-order valence-electron chi connectivity index (χ0n) is 14.9. The smallest absolute Gasteiger partial charge is 0.229 e. The van der Waals surface area contributed by atoms with E-state index in [4.69, 9.17) is 23.9 Å². The number of anilines is 1. The van der Waals surface area contributed by atoms with Gasteiger partial charge in [0.25, 0.3) is 0 Å². The Morgan fingerprint density at radius 2 is 1.85 bits per heavy atom. The maximum Gasteiger partial charge on any atom is 0.229 e. The van der Waals surface area contributed by atoms with Crippen molar-refractivity contribution in [3.05, 3.63) is 42.6 Å². The molecule has 0 amide bonds. The van der Waals surface area contributed by atoms with Gasteiger partial charge in [0.05, 0.1) is 25.7 Å². The topological polar surface area (TPSA) is 73.5 Å². The lowest BCUT2D eigenvalue weighted by molar-refractivity contribution is 0.122. The Morgan fingerprint density at radius 3 is 2.63 bits per heavy atom. The van der Waals surface area contributed by atoms with Gasteiger partial charge in [-0.15, -0.1) is 0 Å². The second-order valence-electron chi connectivity index (χ2n) is 6.33. The highest BCUT2D eigenvalue weighted by molar-refractivity contribution is 6.05. The zero-order chi connectivity index (χ0) is 18.2. The third-order valence-electron chi connectivity index (χ3n) is 4.73. The fourth-order valence-electron chi connectivity index (χ4n) is 3.32.